The van der Waals surface area contributed by atoms with Crippen molar-refractivity contribution in [2.75, 3.05) is 16.4 Å². The molecular weight excluding hydrogens is 356 g/mol. The normalized spacial score (nSPS) is 12.7. The number of aryl methyl sites for hydroxylation is 1. The molecule has 3 aromatic rings. The van der Waals surface area contributed by atoms with Crippen LogP contribution in [0, 0.1) is 0 Å². The van der Waals surface area contributed by atoms with Crippen LogP contribution in [0.2, 0.25) is 5.02 Å². The van der Waals surface area contributed by atoms with Crippen LogP contribution in [-0.2, 0) is 6.54 Å². The van der Waals surface area contributed by atoms with Gasteiger partial charge >= 0.3 is 6.03 Å². The highest BCUT2D eigenvalue weighted by molar-refractivity contribution is 7.99. The van der Waals surface area contributed by atoms with Gasteiger partial charge in [-0.15, -0.1) is 0 Å². The van der Waals surface area contributed by atoms with Crippen LogP contribution in [0.3, 0.4) is 0 Å². The highest BCUT2D eigenvalue weighted by Crippen LogP contribution is 2.32. The molecule has 126 valence electrons. The number of para-hydroxylation sites is 2. The molecule has 0 radical (unpaired) electrons. The Hall–Kier alpha value is -2.44. The first-order valence-electron chi connectivity index (χ1n) is 7.82. The number of fused-ring (bicyclic) bond motifs is 1. The van der Waals surface area contributed by atoms with Crippen molar-refractivity contribution in [2.24, 2.45) is 0 Å². The third-order valence-corrected chi connectivity index (χ3v) is 5.18. The molecule has 0 saturated heterocycles. The van der Waals surface area contributed by atoms with Crippen molar-refractivity contribution in [1.82, 2.24) is 9.55 Å². The summed E-state index contributed by atoms with van der Waals surface area (Å²) in [5.74, 6) is 1.06. The Labute approximate surface area is 154 Å². The Morgan fingerprint density at radius 1 is 1.08 bits per heavy atom. The monoisotopic (exact) mass is 370 g/mol. The van der Waals surface area contributed by atoms with E-state index in [1.807, 2.05) is 42.6 Å². The van der Waals surface area contributed by atoms with Gasteiger partial charge in [0, 0.05) is 24.1 Å². The molecule has 2 heterocycles. The van der Waals surface area contributed by atoms with Crippen LogP contribution in [0.25, 0.3) is 11.3 Å². The van der Waals surface area contributed by atoms with Crippen molar-refractivity contribution >= 4 is 40.8 Å². The van der Waals surface area contributed by atoms with Crippen LogP contribution in [0.15, 0.2) is 59.9 Å². The number of hydrogen-bond donors (Lipinski definition) is 2. The SMILES string of the molecule is O=C(Nc1ccccc1Cl)Nc1ccccc1-c1cn2c(n1)SCC2. The Balaban J connectivity index is 1.56. The second-order valence-corrected chi connectivity index (χ2v) is 7.02. The lowest BCUT2D eigenvalue weighted by Crippen LogP contribution is -2.20. The van der Waals surface area contributed by atoms with E-state index < -0.39 is 0 Å². The summed E-state index contributed by atoms with van der Waals surface area (Å²) in [4.78, 5) is 17.0. The number of hydrogen-bond acceptors (Lipinski definition) is 3. The number of rotatable bonds is 3. The van der Waals surface area contributed by atoms with Gasteiger partial charge in [0.2, 0.25) is 0 Å². The molecule has 0 saturated carbocycles. The number of halogens is 1. The molecule has 0 spiro atoms. The molecule has 1 aliphatic rings. The molecule has 0 unspecified atom stereocenters. The van der Waals surface area contributed by atoms with Crippen LogP contribution in [-0.4, -0.2) is 21.3 Å². The molecule has 7 heteroatoms. The Kier molecular flexibility index (Phi) is 4.38. The average molecular weight is 371 g/mol. The van der Waals surface area contributed by atoms with E-state index in [4.69, 9.17) is 11.6 Å². The van der Waals surface area contributed by atoms with Crippen molar-refractivity contribution in [2.45, 2.75) is 11.7 Å². The Morgan fingerprint density at radius 3 is 2.60 bits per heavy atom. The van der Waals surface area contributed by atoms with Crippen molar-refractivity contribution in [3.05, 3.63) is 59.8 Å². The van der Waals surface area contributed by atoms with Gasteiger partial charge in [-0.1, -0.05) is 53.7 Å². The third kappa shape index (κ3) is 3.36. The molecule has 1 aliphatic heterocycles. The number of thioether (sulfide) groups is 1. The predicted octanol–water partition coefficient (Wildman–Crippen LogP) is 4.95. The van der Waals surface area contributed by atoms with Crippen LogP contribution in [0.5, 0.6) is 0 Å². The fourth-order valence-corrected chi connectivity index (χ4v) is 3.82. The van der Waals surface area contributed by atoms with E-state index in [0.29, 0.717) is 16.4 Å². The molecule has 5 nitrogen and oxygen atoms in total. The summed E-state index contributed by atoms with van der Waals surface area (Å²) in [6.45, 7) is 0.968. The number of carbonyl (C=O) groups is 1. The number of imidazole rings is 1. The molecule has 0 aliphatic carbocycles. The maximum absolute atomic E-state index is 12.3. The number of urea groups is 1. The standard InChI is InChI=1S/C18H15ClN4OS/c19-13-6-2-4-8-15(13)21-17(24)20-14-7-3-1-5-12(14)16-11-23-9-10-25-18(23)22-16/h1-8,11H,9-10H2,(H2,20,21,24). The number of aromatic nitrogens is 2. The van der Waals surface area contributed by atoms with Crippen molar-refractivity contribution in [1.29, 1.82) is 0 Å². The molecule has 0 fully saturated rings. The first kappa shape index (κ1) is 16.1. The number of anilines is 2. The Morgan fingerprint density at radius 2 is 1.80 bits per heavy atom. The number of amides is 2. The first-order chi connectivity index (χ1) is 12.2. The van der Waals surface area contributed by atoms with Gasteiger partial charge in [-0.3, -0.25) is 0 Å². The summed E-state index contributed by atoms with van der Waals surface area (Å²) in [7, 11) is 0. The van der Waals surface area contributed by atoms with E-state index in [9.17, 15) is 4.79 Å². The molecule has 2 aromatic carbocycles. The molecule has 2 N–H and O–H groups in total. The van der Waals surface area contributed by atoms with Crippen LogP contribution >= 0.6 is 23.4 Å². The average Bonchev–Trinajstić information content (AvgIpc) is 3.19. The number of nitrogens with zero attached hydrogens (tertiary/aromatic N) is 2. The van der Waals surface area contributed by atoms with Crippen LogP contribution in [0.1, 0.15) is 0 Å². The largest absolute Gasteiger partial charge is 0.325 e. The second kappa shape index (κ2) is 6.82. The van der Waals surface area contributed by atoms with E-state index in [0.717, 1.165) is 28.7 Å². The third-order valence-electron chi connectivity index (χ3n) is 3.88. The lowest BCUT2D eigenvalue weighted by molar-refractivity contribution is 0.262. The minimum Gasteiger partial charge on any atom is -0.325 e. The first-order valence-corrected chi connectivity index (χ1v) is 9.19. The van der Waals surface area contributed by atoms with Gasteiger partial charge in [-0.05, 0) is 18.2 Å². The number of benzene rings is 2. The van der Waals surface area contributed by atoms with Gasteiger partial charge < -0.3 is 15.2 Å². The molecule has 25 heavy (non-hydrogen) atoms. The number of nitrogens with one attached hydrogen (secondary N) is 2. The van der Waals surface area contributed by atoms with Gasteiger partial charge in [0.05, 0.1) is 22.1 Å². The predicted molar refractivity (Wildman–Crippen MR) is 102 cm³/mol. The zero-order valence-electron chi connectivity index (χ0n) is 13.2. The van der Waals surface area contributed by atoms with Crippen LogP contribution in [0.4, 0.5) is 16.2 Å². The lowest BCUT2D eigenvalue weighted by atomic mass is 10.1. The maximum Gasteiger partial charge on any atom is 0.323 e. The van der Waals surface area contributed by atoms with Gasteiger partial charge in [-0.25, -0.2) is 9.78 Å². The minimum atomic E-state index is -0.346. The summed E-state index contributed by atoms with van der Waals surface area (Å²) in [5, 5.41) is 7.16. The van der Waals surface area contributed by atoms with E-state index in [1.54, 1.807) is 23.9 Å². The van der Waals surface area contributed by atoms with Gasteiger partial charge in [0.1, 0.15) is 0 Å². The smallest absolute Gasteiger partial charge is 0.323 e. The highest BCUT2D eigenvalue weighted by atomic mass is 35.5. The van der Waals surface area contributed by atoms with Crippen LogP contribution < -0.4 is 10.6 Å². The zero-order valence-corrected chi connectivity index (χ0v) is 14.8. The number of carbonyl (C=O) groups excluding carboxylic acids is 1. The highest BCUT2D eigenvalue weighted by Gasteiger charge is 2.17. The fourth-order valence-electron chi connectivity index (χ4n) is 2.69. The summed E-state index contributed by atoms with van der Waals surface area (Å²) >= 11 is 7.83. The molecule has 4 rings (SSSR count). The maximum atomic E-state index is 12.3. The van der Waals surface area contributed by atoms with Gasteiger partial charge in [0.15, 0.2) is 5.16 Å². The Bertz CT molecular complexity index is 919. The van der Waals surface area contributed by atoms with Crippen molar-refractivity contribution in [3.63, 3.8) is 0 Å². The van der Waals surface area contributed by atoms with E-state index >= 15 is 0 Å². The molecule has 1 aromatic heterocycles. The summed E-state index contributed by atoms with van der Waals surface area (Å²) in [6, 6.07) is 14.4. The molecule has 0 atom stereocenters. The van der Waals surface area contributed by atoms with Crippen molar-refractivity contribution < 1.29 is 4.79 Å². The van der Waals surface area contributed by atoms with E-state index in [2.05, 4.69) is 20.2 Å². The molecule has 0 bridgehead atoms. The summed E-state index contributed by atoms with van der Waals surface area (Å²) in [6.07, 6.45) is 2.03. The van der Waals surface area contributed by atoms with Gasteiger partial charge in [-0.2, -0.15) is 0 Å². The van der Waals surface area contributed by atoms with Crippen molar-refractivity contribution in [3.8, 4) is 11.3 Å². The topological polar surface area (TPSA) is 59.0 Å². The molecular formula is C18H15ClN4OS. The van der Waals surface area contributed by atoms with Gasteiger partial charge in [0.25, 0.3) is 0 Å². The second-order valence-electron chi connectivity index (χ2n) is 5.56. The molecule has 2 amide bonds. The zero-order chi connectivity index (χ0) is 17.2. The van der Waals surface area contributed by atoms with E-state index in [1.165, 1.54) is 0 Å². The quantitative estimate of drug-likeness (QED) is 0.685. The van der Waals surface area contributed by atoms with E-state index in [-0.39, 0.29) is 6.03 Å². The fraction of sp³-hybridized carbons (Fsp3) is 0.111. The minimum absolute atomic E-state index is 0.346. The summed E-state index contributed by atoms with van der Waals surface area (Å²) in [5.41, 5.74) is 3.01. The lowest BCUT2D eigenvalue weighted by Gasteiger charge is -2.11. The summed E-state index contributed by atoms with van der Waals surface area (Å²) < 4.78 is 2.14.